The zero-order chi connectivity index (χ0) is 15.8. The van der Waals surface area contributed by atoms with E-state index in [1.54, 1.807) is 0 Å². The summed E-state index contributed by atoms with van der Waals surface area (Å²) in [6, 6.07) is 18.1. The third-order valence-corrected chi connectivity index (χ3v) is 5.20. The summed E-state index contributed by atoms with van der Waals surface area (Å²) in [6.45, 7) is 2.18. The number of hydrogen-bond donors (Lipinski definition) is 1. The molecule has 0 atom stereocenters. The van der Waals surface area contributed by atoms with E-state index in [4.69, 9.17) is 23.2 Å². The van der Waals surface area contributed by atoms with Crippen molar-refractivity contribution in [2.24, 2.45) is 0 Å². The lowest BCUT2D eigenvalue weighted by atomic mass is 9.93. The van der Waals surface area contributed by atoms with Crippen molar-refractivity contribution in [3.8, 4) is 0 Å². The van der Waals surface area contributed by atoms with Gasteiger partial charge in [-0.2, -0.15) is 0 Å². The molecule has 1 N–H and O–H groups in total. The second-order valence-corrected chi connectivity index (χ2v) is 7.47. The van der Waals surface area contributed by atoms with Crippen LogP contribution in [0.5, 0.6) is 0 Å². The lowest BCUT2D eigenvalue weighted by Gasteiger charge is -2.45. The Hall–Kier alpha value is -1.06. The zero-order valence-corrected chi connectivity index (χ0v) is 14.4. The minimum absolute atomic E-state index is 0.266. The molecule has 2 aromatic carbocycles. The Balaban J connectivity index is 1.56. The molecule has 2 aromatic rings. The minimum atomic E-state index is 0.266. The van der Waals surface area contributed by atoms with Crippen molar-refractivity contribution in [2.45, 2.75) is 31.0 Å². The minimum Gasteiger partial charge on any atom is -0.309 e. The summed E-state index contributed by atoms with van der Waals surface area (Å²) >= 11 is 12.1. The molecule has 4 rings (SSSR count). The first kappa shape index (κ1) is 15.5. The second-order valence-electron chi connectivity index (χ2n) is 6.60. The Morgan fingerprint density at radius 2 is 1.26 bits per heavy atom. The molecule has 1 aliphatic heterocycles. The van der Waals surface area contributed by atoms with Crippen LogP contribution < -0.4 is 5.32 Å². The highest BCUT2D eigenvalue weighted by Gasteiger charge is 2.36. The predicted molar refractivity (Wildman–Crippen MR) is 96.3 cm³/mol. The van der Waals surface area contributed by atoms with Crippen LogP contribution in [-0.4, -0.2) is 30.1 Å². The highest BCUT2D eigenvalue weighted by Crippen LogP contribution is 2.34. The van der Waals surface area contributed by atoms with Gasteiger partial charge in [-0.1, -0.05) is 47.5 Å². The van der Waals surface area contributed by atoms with E-state index in [-0.39, 0.29) is 6.04 Å². The van der Waals surface area contributed by atoms with Crippen molar-refractivity contribution in [2.75, 3.05) is 13.1 Å². The van der Waals surface area contributed by atoms with Crippen LogP contribution in [0.25, 0.3) is 0 Å². The first-order chi connectivity index (χ1) is 11.2. The number of nitrogens with one attached hydrogen (secondary N) is 1. The van der Waals surface area contributed by atoms with E-state index in [0.29, 0.717) is 6.04 Å². The number of hydrogen-bond acceptors (Lipinski definition) is 2. The lowest BCUT2D eigenvalue weighted by molar-refractivity contribution is 0.0922. The molecule has 1 heterocycles. The third kappa shape index (κ3) is 3.56. The zero-order valence-electron chi connectivity index (χ0n) is 12.9. The molecule has 2 fully saturated rings. The Morgan fingerprint density at radius 3 is 1.70 bits per heavy atom. The normalized spacial score (nSPS) is 19.1. The topological polar surface area (TPSA) is 15.3 Å². The van der Waals surface area contributed by atoms with Crippen LogP contribution >= 0.6 is 23.2 Å². The van der Waals surface area contributed by atoms with Gasteiger partial charge in [-0.25, -0.2) is 0 Å². The maximum Gasteiger partial charge on any atom is 0.0602 e. The van der Waals surface area contributed by atoms with E-state index < -0.39 is 0 Å². The highest BCUT2D eigenvalue weighted by molar-refractivity contribution is 6.30. The molecule has 2 nitrogen and oxygen atoms in total. The van der Waals surface area contributed by atoms with Gasteiger partial charge in [0.05, 0.1) is 6.04 Å². The van der Waals surface area contributed by atoms with Crippen LogP contribution in [0, 0.1) is 0 Å². The molecular formula is C19H20Cl2N2. The van der Waals surface area contributed by atoms with Crippen molar-refractivity contribution in [3.05, 3.63) is 69.7 Å². The first-order valence-electron chi connectivity index (χ1n) is 8.20. The van der Waals surface area contributed by atoms with Gasteiger partial charge in [-0.05, 0) is 48.2 Å². The van der Waals surface area contributed by atoms with Gasteiger partial charge in [0.2, 0.25) is 0 Å². The van der Waals surface area contributed by atoms with Crippen molar-refractivity contribution >= 4 is 23.2 Å². The molecule has 0 unspecified atom stereocenters. The molecule has 2 aliphatic rings. The maximum atomic E-state index is 6.06. The van der Waals surface area contributed by atoms with E-state index in [9.17, 15) is 0 Å². The van der Waals surface area contributed by atoms with Crippen molar-refractivity contribution in [1.82, 2.24) is 10.2 Å². The van der Waals surface area contributed by atoms with Crippen LogP contribution in [0.15, 0.2) is 48.5 Å². The molecule has 1 saturated carbocycles. The van der Waals surface area contributed by atoms with Gasteiger partial charge in [0.25, 0.3) is 0 Å². The molecule has 4 heteroatoms. The van der Waals surface area contributed by atoms with Crippen LogP contribution in [0.3, 0.4) is 0 Å². The number of rotatable bonds is 5. The van der Waals surface area contributed by atoms with E-state index in [2.05, 4.69) is 34.5 Å². The molecule has 120 valence electrons. The fraction of sp³-hybridized carbons (Fsp3) is 0.368. The smallest absolute Gasteiger partial charge is 0.0602 e. The fourth-order valence-electron chi connectivity index (χ4n) is 3.32. The molecular weight excluding hydrogens is 327 g/mol. The Morgan fingerprint density at radius 1 is 0.783 bits per heavy atom. The molecule has 1 aliphatic carbocycles. The van der Waals surface area contributed by atoms with Gasteiger partial charge >= 0.3 is 0 Å². The number of halogens is 2. The SMILES string of the molecule is Clc1ccc(C(c2ccc(Cl)cc2)N2CC(NC3CC3)C2)cc1. The monoisotopic (exact) mass is 346 g/mol. The van der Waals surface area contributed by atoms with Crippen LogP contribution in [0.4, 0.5) is 0 Å². The predicted octanol–water partition coefficient (Wildman–Crippen LogP) is 4.52. The van der Waals surface area contributed by atoms with Gasteiger partial charge in [0.15, 0.2) is 0 Å². The Kier molecular flexibility index (Phi) is 4.33. The average molecular weight is 347 g/mol. The molecule has 0 amide bonds. The molecule has 1 saturated heterocycles. The molecule has 0 radical (unpaired) electrons. The van der Waals surface area contributed by atoms with Crippen LogP contribution in [0.1, 0.15) is 30.0 Å². The lowest BCUT2D eigenvalue weighted by Crippen LogP contribution is -2.59. The van der Waals surface area contributed by atoms with E-state index in [1.807, 2.05) is 24.3 Å². The molecule has 0 spiro atoms. The fourth-order valence-corrected chi connectivity index (χ4v) is 3.57. The largest absolute Gasteiger partial charge is 0.309 e. The van der Waals surface area contributed by atoms with Crippen LogP contribution in [0.2, 0.25) is 10.0 Å². The summed E-state index contributed by atoms with van der Waals surface area (Å²) < 4.78 is 0. The van der Waals surface area contributed by atoms with E-state index in [0.717, 1.165) is 29.2 Å². The summed E-state index contributed by atoms with van der Waals surface area (Å²) in [4.78, 5) is 2.52. The van der Waals surface area contributed by atoms with Crippen LogP contribution in [-0.2, 0) is 0 Å². The summed E-state index contributed by atoms with van der Waals surface area (Å²) in [5.41, 5.74) is 2.56. The number of nitrogens with zero attached hydrogens (tertiary/aromatic N) is 1. The highest BCUT2D eigenvalue weighted by atomic mass is 35.5. The van der Waals surface area contributed by atoms with Gasteiger partial charge in [-0.15, -0.1) is 0 Å². The van der Waals surface area contributed by atoms with Crippen molar-refractivity contribution in [3.63, 3.8) is 0 Å². The average Bonchev–Trinajstić information content (AvgIpc) is 3.32. The molecule has 0 bridgehead atoms. The first-order valence-corrected chi connectivity index (χ1v) is 8.95. The molecule has 23 heavy (non-hydrogen) atoms. The summed E-state index contributed by atoms with van der Waals surface area (Å²) in [7, 11) is 0. The van der Waals surface area contributed by atoms with Crippen molar-refractivity contribution in [1.29, 1.82) is 0 Å². The van der Waals surface area contributed by atoms with Gasteiger partial charge in [-0.3, -0.25) is 4.90 Å². The molecule has 0 aromatic heterocycles. The third-order valence-electron chi connectivity index (χ3n) is 4.70. The summed E-state index contributed by atoms with van der Waals surface area (Å²) in [6.07, 6.45) is 2.68. The quantitative estimate of drug-likeness (QED) is 0.856. The summed E-state index contributed by atoms with van der Waals surface area (Å²) in [5.74, 6) is 0. The van der Waals surface area contributed by atoms with Gasteiger partial charge in [0.1, 0.15) is 0 Å². The standard InChI is InChI=1S/C19H20Cl2N2/c20-15-5-1-13(2-6-15)19(14-3-7-16(21)8-4-14)23-11-18(12-23)22-17-9-10-17/h1-8,17-19,22H,9-12H2. The van der Waals surface area contributed by atoms with Crippen molar-refractivity contribution < 1.29 is 0 Å². The Labute approximate surface area is 147 Å². The Bertz CT molecular complexity index is 613. The second kappa shape index (κ2) is 6.45. The van der Waals surface area contributed by atoms with E-state index >= 15 is 0 Å². The summed E-state index contributed by atoms with van der Waals surface area (Å²) in [5, 5.41) is 5.27. The number of likely N-dealkylation sites (tertiary alicyclic amines) is 1. The van der Waals surface area contributed by atoms with Gasteiger partial charge in [0, 0.05) is 35.2 Å². The van der Waals surface area contributed by atoms with Gasteiger partial charge < -0.3 is 5.32 Å². The number of benzene rings is 2. The maximum absolute atomic E-state index is 6.06. The van der Waals surface area contributed by atoms with E-state index in [1.165, 1.54) is 24.0 Å².